The zero-order valence-electron chi connectivity index (χ0n) is 21.7. The first-order valence-electron chi connectivity index (χ1n) is 14.0. The Morgan fingerprint density at radius 3 is 2.54 bits per heavy atom. The van der Waals surface area contributed by atoms with Gasteiger partial charge in [-0.2, -0.15) is 0 Å². The topological polar surface area (TPSA) is 136 Å². The van der Waals surface area contributed by atoms with Gasteiger partial charge in [-0.1, -0.05) is 32.4 Å². The van der Waals surface area contributed by atoms with Crippen LogP contribution in [0.25, 0.3) is 0 Å². The number of allylic oxidation sites excluding steroid dienone is 3. The summed E-state index contributed by atoms with van der Waals surface area (Å²) in [5.41, 5.74) is -0.350. The molecule has 37 heavy (non-hydrogen) atoms. The number of hydrogen-bond acceptors (Lipinski definition) is 6. The summed E-state index contributed by atoms with van der Waals surface area (Å²) in [5, 5.41) is 37.7. The second-order valence-electron chi connectivity index (χ2n) is 11.9. The molecule has 202 valence electrons. The van der Waals surface area contributed by atoms with Crippen LogP contribution in [0.4, 0.5) is 0 Å². The SMILES string of the molecule is CC[C@H]1C[C@H]2C[C@H]3[C@@H]4C/C=C\C(=O)NCC[C@H](O)[C@@H]5NC(=O)/C(=C(O)/C=C\[C@H]4C[C@@H](O)[C@@H]3[C@H]2[C@@H]1C)C5=O. The highest BCUT2D eigenvalue weighted by Gasteiger charge is 2.58. The number of aliphatic hydroxyl groups is 3. The molecule has 3 aliphatic carbocycles. The third kappa shape index (κ3) is 4.67. The van der Waals surface area contributed by atoms with Crippen LogP contribution in [0.2, 0.25) is 0 Å². The third-order valence-electron chi connectivity index (χ3n) is 10.2. The first-order chi connectivity index (χ1) is 17.7. The normalized spacial score (nSPS) is 48.0. The predicted molar refractivity (Wildman–Crippen MR) is 137 cm³/mol. The van der Waals surface area contributed by atoms with Crippen molar-refractivity contribution in [2.45, 2.75) is 70.6 Å². The highest BCUT2D eigenvalue weighted by Crippen LogP contribution is 2.62. The van der Waals surface area contributed by atoms with Gasteiger partial charge in [-0.05, 0) is 91.6 Å². The van der Waals surface area contributed by atoms with Gasteiger partial charge in [-0.25, -0.2) is 0 Å². The smallest absolute Gasteiger partial charge is 0.259 e. The van der Waals surface area contributed by atoms with Crippen molar-refractivity contribution in [3.05, 3.63) is 35.6 Å². The molecule has 0 spiro atoms. The fourth-order valence-corrected chi connectivity index (χ4v) is 8.51. The van der Waals surface area contributed by atoms with E-state index in [2.05, 4.69) is 24.5 Å². The van der Waals surface area contributed by atoms with E-state index in [1.165, 1.54) is 25.0 Å². The summed E-state index contributed by atoms with van der Waals surface area (Å²) in [6, 6.07) is -1.16. The van der Waals surface area contributed by atoms with Crippen molar-refractivity contribution >= 4 is 17.6 Å². The van der Waals surface area contributed by atoms with E-state index >= 15 is 0 Å². The van der Waals surface area contributed by atoms with Crippen LogP contribution in [0.15, 0.2) is 35.6 Å². The molecule has 8 heteroatoms. The van der Waals surface area contributed by atoms with Gasteiger partial charge in [0.1, 0.15) is 17.4 Å². The molecule has 2 heterocycles. The number of ketones is 1. The van der Waals surface area contributed by atoms with Crippen LogP contribution in [0, 0.1) is 47.3 Å². The molecule has 2 bridgehead atoms. The van der Waals surface area contributed by atoms with Gasteiger partial charge >= 0.3 is 0 Å². The van der Waals surface area contributed by atoms with E-state index in [1.807, 2.05) is 12.2 Å². The van der Waals surface area contributed by atoms with Gasteiger partial charge in [0, 0.05) is 6.54 Å². The van der Waals surface area contributed by atoms with Crippen molar-refractivity contribution in [1.29, 1.82) is 0 Å². The molecule has 2 aliphatic heterocycles. The molecule has 2 amide bonds. The molecule has 0 radical (unpaired) electrons. The summed E-state index contributed by atoms with van der Waals surface area (Å²) in [6.45, 7) is 4.76. The van der Waals surface area contributed by atoms with Gasteiger partial charge in [0.2, 0.25) is 5.91 Å². The van der Waals surface area contributed by atoms with Crippen molar-refractivity contribution in [3.8, 4) is 0 Å². The van der Waals surface area contributed by atoms with Crippen molar-refractivity contribution in [2.75, 3.05) is 6.54 Å². The second kappa shape index (κ2) is 10.4. The molecule has 3 saturated carbocycles. The van der Waals surface area contributed by atoms with Gasteiger partial charge in [0.05, 0.1) is 12.2 Å². The maximum Gasteiger partial charge on any atom is 0.259 e. The lowest BCUT2D eigenvalue weighted by molar-refractivity contribution is -0.118. The summed E-state index contributed by atoms with van der Waals surface area (Å²) in [6.07, 6.45) is 9.79. The van der Waals surface area contributed by atoms with Crippen LogP contribution in [0.1, 0.15) is 52.4 Å². The van der Waals surface area contributed by atoms with Crippen LogP contribution in [-0.4, -0.2) is 57.7 Å². The van der Waals surface area contributed by atoms with Crippen LogP contribution in [-0.2, 0) is 14.4 Å². The molecule has 0 aromatic rings. The molecule has 0 aromatic heterocycles. The van der Waals surface area contributed by atoms with E-state index in [4.69, 9.17) is 0 Å². The van der Waals surface area contributed by atoms with Gasteiger partial charge in [0.25, 0.3) is 5.91 Å². The minimum absolute atomic E-state index is 0.0725. The average Bonchev–Trinajstić information content (AvgIpc) is 3.48. The average molecular weight is 513 g/mol. The minimum Gasteiger partial charge on any atom is -0.507 e. The van der Waals surface area contributed by atoms with E-state index in [-0.39, 0.29) is 42.2 Å². The first kappa shape index (κ1) is 26.2. The number of carbonyl (C=O) groups is 3. The van der Waals surface area contributed by atoms with Gasteiger partial charge in [-0.3, -0.25) is 14.4 Å². The fourth-order valence-electron chi connectivity index (χ4n) is 8.51. The van der Waals surface area contributed by atoms with Crippen LogP contribution >= 0.6 is 0 Å². The molecule has 1 saturated heterocycles. The Morgan fingerprint density at radius 2 is 1.78 bits per heavy atom. The van der Waals surface area contributed by atoms with Gasteiger partial charge in [0.15, 0.2) is 5.78 Å². The van der Waals surface area contributed by atoms with Crippen molar-refractivity contribution in [1.82, 2.24) is 10.6 Å². The van der Waals surface area contributed by atoms with E-state index in [0.29, 0.717) is 42.4 Å². The Balaban J connectivity index is 1.47. The van der Waals surface area contributed by atoms with Crippen LogP contribution < -0.4 is 10.6 Å². The summed E-state index contributed by atoms with van der Waals surface area (Å²) in [4.78, 5) is 37.7. The summed E-state index contributed by atoms with van der Waals surface area (Å²) >= 11 is 0. The summed E-state index contributed by atoms with van der Waals surface area (Å²) in [5.74, 6) is 1.03. The zero-order chi connectivity index (χ0) is 26.4. The highest BCUT2D eigenvalue weighted by atomic mass is 16.3. The Kier molecular flexibility index (Phi) is 7.33. The highest BCUT2D eigenvalue weighted by molar-refractivity contribution is 6.27. The lowest BCUT2D eigenvalue weighted by Gasteiger charge is -2.44. The monoisotopic (exact) mass is 512 g/mol. The van der Waals surface area contributed by atoms with Gasteiger partial charge in [-0.15, -0.1) is 0 Å². The molecule has 11 atom stereocenters. The Bertz CT molecular complexity index is 1030. The molecule has 5 N–H and O–H groups in total. The molecule has 8 nitrogen and oxygen atoms in total. The Hall–Kier alpha value is -2.45. The van der Waals surface area contributed by atoms with E-state index < -0.39 is 35.7 Å². The van der Waals surface area contributed by atoms with E-state index in [9.17, 15) is 29.7 Å². The van der Waals surface area contributed by atoms with Crippen molar-refractivity contribution < 1.29 is 29.7 Å². The van der Waals surface area contributed by atoms with Crippen LogP contribution in [0.3, 0.4) is 0 Å². The van der Waals surface area contributed by atoms with Gasteiger partial charge < -0.3 is 26.0 Å². The molecular weight excluding hydrogens is 472 g/mol. The standard InChI is InChI=1S/C29H40N2O6/c1-3-15-11-17-12-19-18-5-4-6-23(35)30-10-9-21(33)27-28(36)26(29(37)31-27)20(32)8-7-16(18)13-22(34)25(19)24(17)14(15)2/h4,6-8,14-19,21-22,24-25,27,32-34H,3,5,9-13H2,1-2H3,(H,30,35)(H,31,37)/b6-4-,8-7-,26-20-/t14-,15+,16+,17+,18-,19+,21+,22-,24+,25-,27+/m1/s1. The van der Waals surface area contributed by atoms with Crippen molar-refractivity contribution in [2.24, 2.45) is 47.3 Å². The van der Waals surface area contributed by atoms with Crippen molar-refractivity contribution in [3.63, 3.8) is 0 Å². The van der Waals surface area contributed by atoms with E-state index in [1.54, 1.807) is 0 Å². The number of fused-ring (bicyclic) bond motifs is 7. The largest absolute Gasteiger partial charge is 0.507 e. The number of carbonyl (C=O) groups excluding carboxylic acids is 3. The maximum atomic E-state index is 12.8. The fraction of sp³-hybridized carbons (Fsp3) is 0.690. The molecule has 5 rings (SSSR count). The molecule has 5 aliphatic rings. The number of Topliss-reactive ketones (excluding diaryl/α,β-unsaturated/α-hetero) is 1. The van der Waals surface area contributed by atoms with Crippen LogP contribution in [0.5, 0.6) is 0 Å². The predicted octanol–water partition coefficient (Wildman–Crippen LogP) is 2.18. The summed E-state index contributed by atoms with van der Waals surface area (Å²) in [7, 11) is 0. The maximum absolute atomic E-state index is 12.8. The summed E-state index contributed by atoms with van der Waals surface area (Å²) < 4.78 is 0. The first-order valence-corrected chi connectivity index (χ1v) is 14.0. The number of rotatable bonds is 1. The number of amides is 2. The lowest BCUT2D eigenvalue weighted by atomic mass is 9.62. The molecular formula is C29H40N2O6. The third-order valence-corrected chi connectivity index (χ3v) is 10.2. The molecule has 0 unspecified atom stereocenters. The quantitative estimate of drug-likeness (QED) is 0.342. The Labute approximate surface area is 218 Å². The minimum atomic E-state index is -1.19. The molecule has 4 fully saturated rings. The number of hydrogen-bond donors (Lipinski definition) is 5. The second-order valence-corrected chi connectivity index (χ2v) is 11.9. The van der Waals surface area contributed by atoms with E-state index in [0.717, 1.165) is 6.42 Å². The Morgan fingerprint density at radius 1 is 1.00 bits per heavy atom. The lowest BCUT2D eigenvalue weighted by Crippen LogP contribution is -2.43. The molecule has 0 aromatic carbocycles. The zero-order valence-corrected chi connectivity index (χ0v) is 21.7. The number of aliphatic hydroxyl groups excluding tert-OH is 3. The number of nitrogens with one attached hydrogen (secondary N) is 2.